The average Bonchev–Trinajstić information content (AvgIpc) is 3.58. The maximum atomic E-state index is 13.1. The van der Waals surface area contributed by atoms with E-state index in [9.17, 15) is 9.59 Å². The van der Waals surface area contributed by atoms with Gasteiger partial charge in [-0.05, 0) is 56.4 Å². The third-order valence-electron chi connectivity index (χ3n) is 6.43. The quantitative estimate of drug-likeness (QED) is 0.611. The molecule has 1 N–H and O–H groups in total. The van der Waals surface area contributed by atoms with E-state index in [0.717, 1.165) is 37.7 Å². The summed E-state index contributed by atoms with van der Waals surface area (Å²) in [6.45, 7) is 0.652. The highest BCUT2D eigenvalue weighted by Crippen LogP contribution is 2.27. The average molecular weight is 469 g/mol. The largest absolute Gasteiger partial charge is 0.434 e. The molecular formula is C24H25ClN4O4. The van der Waals surface area contributed by atoms with Gasteiger partial charge in [0, 0.05) is 49.1 Å². The maximum Gasteiger partial charge on any atom is 0.253 e. The van der Waals surface area contributed by atoms with Gasteiger partial charge < -0.3 is 19.4 Å². The number of oxazole rings is 1. The molecule has 3 atom stereocenters. The molecule has 2 fully saturated rings. The lowest BCUT2D eigenvalue weighted by Gasteiger charge is -2.25. The molecule has 1 aromatic carbocycles. The van der Waals surface area contributed by atoms with Crippen molar-refractivity contribution in [2.75, 3.05) is 13.7 Å². The van der Waals surface area contributed by atoms with Crippen LogP contribution in [0.4, 0.5) is 0 Å². The lowest BCUT2D eigenvalue weighted by molar-refractivity contribution is -0.130. The molecule has 2 aromatic heterocycles. The second-order valence-electron chi connectivity index (χ2n) is 8.66. The minimum atomic E-state index is -0.323. The standard InChI is InChI=1S/C24H25ClN4O4/c1-29(18-9-8-17(12-18)27-22(30)19-3-2-10-32-19)24(31)15-6-4-14(5-7-15)23-28-21-20(33-23)11-16(25)13-26-21/h4-7,11,13,17-19H,2-3,8-10,12H2,1H3,(H,27,30)/t17-,18+,19-/m0/s1. The van der Waals surface area contributed by atoms with Crippen LogP contribution in [0.3, 0.4) is 0 Å². The van der Waals surface area contributed by atoms with E-state index in [0.29, 0.717) is 34.3 Å². The molecule has 0 spiro atoms. The molecule has 2 amide bonds. The Morgan fingerprint density at radius 1 is 1.18 bits per heavy atom. The highest BCUT2D eigenvalue weighted by molar-refractivity contribution is 6.30. The first kappa shape index (κ1) is 21.9. The highest BCUT2D eigenvalue weighted by Gasteiger charge is 2.33. The van der Waals surface area contributed by atoms with Gasteiger partial charge in [0.2, 0.25) is 11.8 Å². The number of carbonyl (C=O) groups excluding carboxylic acids is 2. The Hall–Kier alpha value is -2.97. The van der Waals surface area contributed by atoms with Crippen LogP contribution >= 0.6 is 11.6 Å². The Morgan fingerprint density at radius 3 is 2.76 bits per heavy atom. The predicted octanol–water partition coefficient (Wildman–Crippen LogP) is 3.83. The first-order valence-corrected chi connectivity index (χ1v) is 11.6. The zero-order valence-corrected chi connectivity index (χ0v) is 19.0. The summed E-state index contributed by atoms with van der Waals surface area (Å²) in [4.78, 5) is 35.7. The van der Waals surface area contributed by atoms with E-state index in [1.165, 1.54) is 6.20 Å². The van der Waals surface area contributed by atoms with Crippen molar-refractivity contribution in [3.8, 4) is 11.5 Å². The fraction of sp³-hybridized carbons (Fsp3) is 0.417. The number of fused-ring (bicyclic) bond motifs is 1. The van der Waals surface area contributed by atoms with Crippen LogP contribution in [0.15, 0.2) is 40.9 Å². The maximum absolute atomic E-state index is 13.1. The predicted molar refractivity (Wildman–Crippen MR) is 123 cm³/mol. The molecule has 1 saturated heterocycles. The molecule has 0 radical (unpaired) electrons. The van der Waals surface area contributed by atoms with Gasteiger partial charge in [0.1, 0.15) is 6.10 Å². The normalized spacial score (nSPS) is 22.5. The first-order valence-electron chi connectivity index (χ1n) is 11.2. The molecule has 8 nitrogen and oxygen atoms in total. The van der Waals surface area contributed by atoms with Crippen LogP contribution < -0.4 is 5.32 Å². The number of amides is 2. The zero-order valence-electron chi connectivity index (χ0n) is 18.3. The van der Waals surface area contributed by atoms with Crippen LogP contribution in [-0.2, 0) is 9.53 Å². The zero-order chi connectivity index (χ0) is 22.9. The van der Waals surface area contributed by atoms with Crippen molar-refractivity contribution in [2.45, 2.75) is 50.3 Å². The molecule has 1 aliphatic carbocycles. The minimum Gasteiger partial charge on any atom is -0.434 e. The summed E-state index contributed by atoms with van der Waals surface area (Å²) in [5.74, 6) is 0.343. The number of hydrogen-bond acceptors (Lipinski definition) is 6. The molecule has 5 rings (SSSR count). The number of benzene rings is 1. The molecule has 9 heteroatoms. The number of ether oxygens (including phenoxy) is 1. The van der Waals surface area contributed by atoms with Gasteiger partial charge in [0.15, 0.2) is 11.2 Å². The van der Waals surface area contributed by atoms with Crippen LogP contribution in [-0.4, -0.2) is 58.5 Å². The Kier molecular flexibility index (Phi) is 6.03. The second-order valence-corrected chi connectivity index (χ2v) is 9.10. The third-order valence-corrected chi connectivity index (χ3v) is 6.64. The smallest absolute Gasteiger partial charge is 0.253 e. The highest BCUT2D eigenvalue weighted by atomic mass is 35.5. The van der Waals surface area contributed by atoms with Crippen molar-refractivity contribution < 1.29 is 18.7 Å². The van der Waals surface area contributed by atoms with E-state index < -0.39 is 0 Å². The van der Waals surface area contributed by atoms with Crippen molar-refractivity contribution in [3.05, 3.63) is 47.1 Å². The molecule has 3 aromatic rings. The summed E-state index contributed by atoms with van der Waals surface area (Å²) < 4.78 is 11.2. The summed E-state index contributed by atoms with van der Waals surface area (Å²) in [5.41, 5.74) is 2.34. The topological polar surface area (TPSA) is 97.6 Å². The van der Waals surface area contributed by atoms with Crippen LogP contribution in [0.25, 0.3) is 22.7 Å². The van der Waals surface area contributed by atoms with Gasteiger partial charge in [-0.25, -0.2) is 4.98 Å². The lowest BCUT2D eigenvalue weighted by atomic mass is 10.1. The SMILES string of the molecule is CN(C(=O)c1ccc(-c2nc3ncc(Cl)cc3o2)cc1)[C@@H]1CC[C@H](NC(=O)[C@@H]2CCCO2)C1. The van der Waals surface area contributed by atoms with Gasteiger partial charge in [0.05, 0.1) is 5.02 Å². The number of nitrogens with zero attached hydrogens (tertiary/aromatic N) is 3. The van der Waals surface area contributed by atoms with E-state index in [1.54, 1.807) is 23.1 Å². The van der Waals surface area contributed by atoms with Gasteiger partial charge in [-0.1, -0.05) is 11.6 Å². The summed E-state index contributed by atoms with van der Waals surface area (Å²) in [7, 11) is 1.82. The van der Waals surface area contributed by atoms with E-state index in [1.807, 2.05) is 19.2 Å². The lowest BCUT2D eigenvalue weighted by Crippen LogP contribution is -2.41. The van der Waals surface area contributed by atoms with Gasteiger partial charge in [0.25, 0.3) is 5.91 Å². The monoisotopic (exact) mass is 468 g/mol. The number of hydrogen-bond donors (Lipinski definition) is 1. The van der Waals surface area contributed by atoms with Gasteiger partial charge in [-0.15, -0.1) is 0 Å². The Bertz CT molecular complexity index is 1170. The van der Waals surface area contributed by atoms with E-state index in [2.05, 4.69) is 15.3 Å². The second kappa shape index (κ2) is 9.11. The summed E-state index contributed by atoms with van der Waals surface area (Å²) in [6.07, 6.45) is 5.37. The summed E-state index contributed by atoms with van der Waals surface area (Å²) >= 11 is 5.96. The molecule has 172 valence electrons. The Balaban J connectivity index is 1.21. The number of nitrogens with one attached hydrogen (secondary N) is 1. The summed E-state index contributed by atoms with van der Waals surface area (Å²) in [6, 6.07) is 9.00. The first-order chi connectivity index (χ1) is 16.0. The van der Waals surface area contributed by atoms with E-state index in [4.69, 9.17) is 20.8 Å². The fourth-order valence-corrected chi connectivity index (χ4v) is 4.71. The van der Waals surface area contributed by atoms with Crippen molar-refractivity contribution in [1.82, 2.24) is 20.2 Å². The van der Waals surface area contributed by atoms with Gasteiger partial charge in [-0.3, -0.25) is 9.59 Å². The van der Waals surface area contributed by atoms with Crippen molar-refractivity contribution in [1.29, 1.82) is 0 Å². The van der Waals surface area contributed by atoms with E-state index in [-0.39, 0.29) is 30.0 Å². The van der Waals surface area contributed by atoms with Crippen LogP contribution in [0.5, 0.6) is 0 Å². The number of halogens is 1. The van der Waals surface area contributed by atoms with Gasteiger partial charge >= 0.3 is 0 Å². The van der Waals surface area contributed by atoms with Crippen molar-refractivity contribution >= 4 is 34.6 Å². The van der Waals surface area contributed by atoms with Crippen molar-refractivity contribution in [3.63, 3.8) is 0 Å². The molecule has 3 heterocycles. The molecule has 33 heavy (non-hydrogen) atoms. The van der Waals surface area contributed by atoms with Gasteiger partial charge in [-0.2, -0.15) is 4.98 Å². The van der Waals surface area contributed by atoms with Crippen LogP contribution in [0.2, 0.25) is 5.02 Å². The molecule has 1 aliphatic heterocycles. The molecule has 1 saturated carbocycles. The Labute approximate surface area is 196 Å². The number of carbonyl (C=O) groups is 2. The molecule has 0 unspecified atom stereocenters. The number of pyridine rings is 1. The minimum absolute atomic E-state index is 0.0283. The number of aromatic nitrogens is 2. The number of rotatable bonds is 5. The Morgan fingerprint density at radius 2 is 2.00 bits per heavy atom. The van der Waals surface area contributed by atoms with Crippen LogP contribution in [0.1, 0.15) is 42.5 Å². The molecule has 2 aliphatic rings. The summed E-state index contributed by atoms with van der Waals surface area (Å²) in [5, 5.41) is 3.57. The van der Waals surface area contributed by atoms with E-state index >= 15 is 0 Å². The molecule has 0 bridgehead atoms. The molecular weight excluding hydrogens is 444 g/mol. The fourth-order valence-electron chi connectivity index (χ4n) is 4.56. The van der Waals surface area contributed by atoms with Crippen LogP contribution in [0, 0.1) is 0 Å². The third kappa shape index (κ3) is 4.58. The van der Waals surface area contributed by atoms with Crippen molar-refractivity contribution in [2.24, 2.45) is 0 Å².